The lowest BCUT2D eigenvalue weighted by Gasteiger charge is -2.31. The van der Waals surface area contributed by atoms with Crippen LogP contribution in [-0.4, -0.2) is 29.0 Å². The van der Waals surface area contributed by atoms with Gasteiger partial charge < -0.3 is 9.73 Å². The van der Waals surface area contributed by atoms with Gasteiger partial charge >= 0.3 is 0 Å². The molecular weight excluding hydrogens is 317 g/mol. The zero-order valence-electron chi connectivity index (χ0n) is 14.1. The lowest BCUT2D eigenvalue weighted by Crippen LogP contribution is -2.41. The van der Waals surface area contributed by atoms with E-state index in [0.717, 1.165) is 61.6 Å². The number of hydrogen-bond donors (Lipinski definition) is 1. The van der Waals surface area contributed by atoms with Gasteiger partial charge in [0.2, 0.25) is 5.89 Å². The zero-order chi connectivity index (χ0) is 17.1. The molecule has 1 N–H and O–H groups in total. The molecule has 0 atom stereocenters. The molecule has 2 heterocycles. The van der Waals surface area contributed by atoms with Gasteiger partial charge in [0.05, 0.1) is 6.54 Å². The highest BCUT2D eigenvalue weighted by molar-refractivity contribution is 5.72. The number of rotatable bonds is 5. The van der Waals surface area contributed by atoms with Gasteiger partial charge in [0.1, 0.15) is 11.3 Å². The maximum Gasteiger partial charge on any atom is 0.209 e. The average Bonchev–Trinajstić information content (AvgIpc) is 3.05. The van der Waals surface area contributed by atoms with Crippen molar-refractivity contribution in [3.8, 4) is 0 Å². The Morgan fingerprint density at radius 2 is 1.84 bits per heavy atom. The average molecular weight is 339 g/mol. The molecule has 0 aliphatic carbocycles. The Morgan fingerprint density at radius 1 is 1.08 bits per heavy atom. The highest BCUT2D eigenvalue weighted by atomic mass is 19.1. The fourth-order valence-electron chi connectivity index (χ4n) is 3.34. The highest BCUT2D eigenvalue weighted by Gasteiger charge is 2.20. The van der Waals surface area contributed by atoms with E-state index in [4.69, 9.17) is 4.42 Å². The Bertz CT molecular complexity index is 789. The van der Waals surface area contributed by atoms with Crippen LogP contribution in [-0.2, 0) is 13.1 Å². The third-order valence-electron chi connectivity index (χ3n) is 4.79. The standard InChI is InChI=1S/C20H22FN3O/c21-16-7-5-15(6-8-16)13-22-17-9-11-24(12-10-17)14-20-23-18-3-1-2-4-19(18)25-20/h1-8,17,22H,9-14H2. The summed E-state index contributed by atoms with van der Waals surface area (Å²) in [7, 11) is 0. The summed E-state index contributed by atoms with van der Waals surface area (Å²) in [5.41, 5.74) is 2.90. The van der Waals surface area contributed by atoms with Crippen molar-refractivity contribution in [1.29, 1.82) is 0 Å². The van der Waals surface area contributed by atoms with E-state index >= 15 is 0 Å². The first-order valence-electron chi connectivity index (χ1n) is 8.81. The summed E-state index contributed by atoms with van der Waals surface area (Å²) < 4.78 is 18.7. The van der Waals surface area contributed by atoms with Gasteiger partial charge in [-0.2, -0.15) is 0 Å². The summed E-state index contributed by atoms with van der Waals surface area (Å²) in [6.45, 7) is 3.61. The van der Waals surface area contributed by atoms with Crippen LogP contribution in [0.3, 0.4) is 0 Å². The fourth-order valence-corrected chi connectivity index (χ4v) is 3.34. The number of hydrogen-bond acceptors (Lipinski definition) is 4. The smallest absolute Gasteiger partial charge is 0.209 e. The number of fused-ring (bicyclic) bond motifs is 1. The third-order valence-corrected chi connectivity index (χ3v) is 4.79. The van der Waals surface area contributed by atoms with Crippen molar-refractivity contribution in [2.75, 3.05) is 13.1 Å². The molecule has 0 saturated carbocycles. The third kappa shape index (κ3) is 4.06. The van der Waals surface area contributed by atoms with Gasteiger partial charge in [-0.05, 0) is 42.7 Å². The maximum atomic E-state index is 12.9. The molecule has 0 amide bonds. The lowest BCUT2D eigenvalue weighted by molar-refractivity contribution is 0.176. The monoisotopic (exact) mass is 339 g/mol. The van der Waals surface area contributed by atoms with E-state index in [2.05, 4.69) is 15.2 Å². The van der Waals surface area contributed by atoms with Crippen LogP contribution >= 0.6 is 0 Å². The molecule has 1 saturated heterocycles. The minimum atomic E-state index is -0.184. The number of likely N-dealkylation sites (tertiary alicyclic amines) is 1. The van der Waals surface area contributed by atoms with Crippen molar-refractivity contribution in [3.05, 3.63) is 65.8 Å². The van der Waals surface area contributed by atoms with E-state index in [9.17, 15) is 4.39 Å². The van der Waals surface area contributed by atoms with Gasteiger partial charge in [-0.3, -0.25) is 4.90 Å². The maximum absolute atomic E-state index is 12.9. The molecule has 4 nitrogen and oxygen atoms in total. The number of oxazole rings is 1. The Labute approximate surface area is 146 Å². The molecule has 0 spiro atoms. The molecule has 130 valence electrons. The first-order chi connectivity index (χ1) is 12.3. The Balaban J connectivity index is 1.25. The summed E-state index contributed by atoms with van der Waals surface area (Å²) in [5.74, 6) is 0.607. The molecular formula is C20H22FN3O. The van der Waals surface area contributed by atoms with Crippen LogP contribution in [0.4, 0.5) is 4.39 Å². The minimum absolute atomic E-state index is 0.184. The molecule has 25 heavy (non-hydrogen) atoms. The Kier molecular flexibility index (Phi) is 4.76. The molecule has 5 heteroatoms. The second kappa shape index (κ2) is 7.33. The van der Waals surface area contributed by atoms with Crippen molar-refractivity contribution in [2.24, 2.45) is 0 Å². The number of nitrogens with one attached hydrogen (secondary N) is 1. The number of benzene rings is 2. The highest BCUT2D eigenvalue weighted by Crippen LogP contribution is 2.18. The molecule has 1 fully saturated rings. The van der Waals surface area contributed by atoms with Crippen LogP contribution < -0.4 is 5.32 Å². The predicted molar refractivity (Wildman–Crippen MR) is 95.5 cm³/mol. The Morgan fingerprint density at radius 3 is 2.60 bits per heavy atom. The van der Waals surface area contributed by atoms with E-state index in [1.54, 1.807) is 0 Å². The molecule has 0 radical (unpaired) electrons. The molecule has 1 aliphatic rings. The van der Waals surface area contributed by atoms with Gasteiger partial charge in [-0.1, -0.05) is 24.3 Å². The van der Waals surface area contributed by atoms with Crippen LogP contribution in [0.25, 0.3) is 11.1 Å². The van der Waals surface area contributed by atoms with Crippen molar-refractivity contribution >= 4 is 11.1 Å². The van der Waals surface area contributed by atoms with E-state index in [0.29, 0.717) is 6.04 Å². The summed E-state index contributed by atoms with van der Waals surface area (Å²) in [6.07, 6.45) is 2.20. The van der Waals surface area contributed by atoms with E-state index in [1.807, 2.05) is 36.4 Å². The normalized spacial score (nSPS) is 16.5. The van der Waals surface area contributed by atoms with Crippen LogP contribution in [0.15, 0.2) is 52.9 Å². The number of nitrogens with zero attached hydrogens (tertiary/aromatic N) is 2. The van der Waals surface area contributed by atoms with E-state index in [-0.39, 0.29) is 5.82 Å². The largest absolute Gasteiger partial charge is 0.439 e. The van der Waals surface area contributed by atoms with Crippen LogP contribution in [0.2, 0.25) is 0 Å². The van der Waals surface area contributed by atoms with Crippen LogP contribution in [0, 0.1) is 5.82 Å². The zero-order valence-corrected chi connectivity index (χ0v) is 14.1. The summed E-state index contributed by atoms with van der Waals surface area (Å²) in [4.78, 5) is 6.94. The number of piperidine rings is 1. The van der Waals surface area contributed by atoms with Crippen LogP contribution in [0.1, 0.15) is 24.3 Å². The number of halogens is 1. The lowest BCUT2D eigenvalue weighted by atomic mass is 10.0. The van der Waals surface area contributed by atoms with E-state index in [1.165, 1.54) is 12.1 Å². The topological polar surface area (TPSA) is 41.3 Å². The fraction of sp³-hybridized carbons (Fsp3) is 0.350. The molecule has 1 aliphatic heterocycles. The van der Waals surface area contributed by atoms with Gasteiger partial charge in [-0.15, -0.1) is 0 Å². The van der Waals surface area contributed by atoms with Crippen molar-refractivity contribution in [1.82, 2.24) is 15.2 Å². The van der Waals surface area contributed by atoms with E-state index < -0.39 is 0 Å². The van der Waals surface area contributed by atoms with Gasteiger partial charge in [-0.25, -0.2) is 9.37 Å². The number of aromatic nitrogens is 1. The predicted octanol–water partition coefficient (Wildman–Crippen LogP) is 3.72. The molecule has 2 aromatic carbocycles. The van der Waals surface area contributed by atoms with Gasteiger partial charge in [0.15, 0.2) is 5.58 Å². The first-order valence-corrected chi connectivity index (χ1v) is 8.81. The van der Waals surface area contributed by atoms with Gasteiger partial charge in [0, 0.05) is 25.7 Å². The number of para-hydroxylation sites is 2. The second-order valence-electron chi connectivity index (χ2n) is 6.63. The summed E-state index contributed by atoms with van der Waals surface area (Å²) in [6, 6.07) is 15.1. The summed E-state index contributed by atoms with van der Waals surface area (Å²) >= 11 is 0. The van der Waals surface area contributed by atoms with Crippen molar-refractivity contribution in [2.45, 2.75) is 32.0 Å². The SMILES string of the molecule is Fc1ccc(CNC2CCN(Cc3nc4ccccc4o3)CC2)cc1. The molecule has 3 aromatic rings. The minimum Gasteiger partial charge on any atom is -0.439 e. The molecule has 0 bridgehead atoms. The second-order valence-corrected chi connectivity index (χ2v) is 6.63. The first kappa shape index (κ1) is 16.2. The van der Waals surface area contributed by atoms with Crippen molar-refractivity contribution < 1.29 is 8.81 Å². The molecule has 1 aromatic heterocycles. The molecule has 0 unspecified atom stereocenters. The summed E-state index contributed by atoms with van der Waals surface area (Å²) in [5, 5.41) is 3.58. The Hall–Kier alpha value is -2.24. The molecule has 4 rings (SSSR count). The van der Waals surface area contributed by atoms with Crippen molar-refractivity contribution in [3.63, 3.8) is 0 Å². The quantitative estimate of drug-likeness (QED) is 0.769. The van der Waals surface area contributed by atoms with Crippen LogP contribution in [0.5, 0.6) is 0 Å². The van der Waals surface area contributed by atoms with Gasteiger partial charge in [0.25, 0.3) is 0 Å².